The number of hydrogen-bond acceptors (Lipinski definition) is 8. The standard InChI is InChI=1S/C22H20N2O5S2/c1-12-17(21(26)29-4)18(15-9-6-10-30-15)24-20(25)16(31-22(24)23-12)11-13-7-5-8-14(27-2)19(13)28-3/h5-11,18H,1-4H3/b16-11+. The van der Waals surface area contributed by atoms with E-state index in [2.05, 4.69) is 4.99 Å². The number of carbonyl (C=O) groups is 1. The van der Waals surface area contributed by atoms with E-state index in [4.69, 9.17) is 14.2 Å². The zero-order valence-corrected chi connectivity index (χ0v) is 19.0. The van der Waals surface area contributed by atoms with E-state index in [0.29, 0.717) is 37.7 Å². The molecule has 4 rings (SSSR count). The van der Waals surface area contributed by atoms with Gasteiger partial charge in [0.2, 0.25) is 0 Å². The Morgan fingerprint density at radius 2 is 1.97 bits per heavy atom. The summed E-state index contributed by atoms with van der Waals surface area (Å²) < 4.78 is 17.9. The van der Waals surface area contributed by atoms with Gasteiger partial charge in [0.25, 0.3) is 5.56 Å². The third-order valence-corrected chi connectivity index (χ3v) is 6.87. The van der Waals surface area contributed by atoms with Gasteiger partial charge >= 0.3 is 5.97 Å². The molecule has 1 aliphatic rings. The summed E-state index contributed by atoms with van der Waals surface area (Å²) in [6, 6.07) is 8.68. The molecule has 3 heterocycles. The first kappa shape index (κ1) is 21.1. The Morgan fingerprint density at radius 1 is 1.16 bits per heavy atom. The topological polar surface area (TPSA) is 79.1 Å². The van der Waals surface area contributed by atoms with Gasteiger partial charge in [-0.15, -0.1) is 11.3 Å². The largest absolute Gasteiger partial charge is 0.493 e. The summed E-state index contributed by atoms with van der Waals surface area (Å²) in [5, 5.41) is 1.91. The van der Waals surface area contributed by atoms with Gasteiger partial charge in [-0.25, -0.2) is 9.79 Å². The molecular formula is C22H20N2O5S2. The maximum absolute atomic E-state index is 13.5. The summed E-state index contributed by atoms with van der Waals surface area (Å²) in [6.45, 7) is 1.76. The van der Waals surface area contributed by atoms with Crippen molar-refractivity contribution in [1.29, 1.82) is 0 Å². The highest BCUT2D eigenvalue weighted by Crippen LogP contribution is 2.33. The number of ether oxygens (including phenoxy) is 3. The van der Waals surface area contributed by atoms with Crippen LogP contribution in [0.5, 0.6) is 11.5 Å². The Hall–Kier alpha value is -3.17. The Kier molecular flexibility index (Phi) is 5.79. The van der Waals surface area contributed by atoms with Crippen molar-refractivity contribution >= 4 is 34.7 Å². The number of hydrogen-bond donors (Lipinski definition) is 0. The van der Waals surface area contributed by atoms with Crippen molar-refractivity contribution < 1.29 is 19.0 Å². The Bertz CT molecular complexity index is 1350. The molecule has 160 valence electrons. The molecule has 1 atom stereocenters. The van der Waals surface area contributed by atoms with Crippen LogP contribution in [0, 0.1) is 0 Å². The lowest BCUT2D eigenvalue weighted by molar-refractivity contribution is -0.136. The molecule has 1 aromatic carbocycles. The lowest BCUT2D eigenvalue weighted by atomic mass is 10.0. The van der Waals surface area contributed by atoms with E-state index < -0.39 is 12.0 Å². The number of fused-ring (bicyclic) bond motifs is 1. The van der Waals surface area contributed by atoms with Gasteiger partial charge in [-0.05, 0) is 30.5 Å². The molecule has 31 heavy (non-hydrogen) atoms. The molecular weight excluding hydrogens is 436 g/mol. The van der Waals surface area contributed by atoms with Gasteiger partial charge in [-0.1, -0.05) is 29.5 Å². The van der Waals surface area contributed by atoms with Crippen LogP contribution in [0.4, 0.5) is 0 Å². The zero-order chi connectivity index (χ0) is 22.1. The lowest BCUT2D eigenvalue weighted by Crippen LogP contribution is -2.39. The van der Waals surface area contributed by atoms with Crippen molar-refractivity contribution in [3.8, 4) is 11.5 Å². The molecule has 0 saturated heterocycles. The molecule has 0 saturated carbocycles. The van der Waals surface area contributed by atoms with Crippen LogP contribution in [-0.2, 0) is 9.53 Å². The Morgan fingerprint density at radius 3 is 2.61 bits per heavy atom. The average Bonchev–Trinajstić information content (AvgIpc) is 3.41. The van der Waals surface area contributed by atoms with Crippen LogP contribution >= 0.6 is 22.7 Å². The summed E-state index contributed by atoms with van der Waals surface area (Å²) in [6.07, 6.45) is 1.76. The van der Waals surface area contributed by atoms with E-state index in [-0.39, 0.29) is 5.56 Å². The molecule has 1 aliphatic heterocycles. The molecule has 0 bridgehead atoms. The van der Waals surface area contributed by atoms with Crippen LogP contribution in [0.15, 0.2) is 56.8 Å². The van der Waals surface area contributed by atoms with Crippen molar-refractivity contribution in [2.75, 3.05) is 21.3 Å². The second-order valence-electron chi connectivity index (χ2n) is 6.67. The predicted molar refractivity (Wildman–Crippen MR) is 120 cm³/mol. The quantitative estimate of drug-likeness (QED) is 0.551. The van der Waals surface area contributed by atoms with Gasteiger partial charge in [0, 0.05) is 10.4 Å². The molecule has 9 heteroatoms. The van der Waals surface area contributed by atoms with Gasteiger partial charge in [-0.2, -0.15) is 0 Å². The number of methoxy groups -OCH3 is 3. The summed E-state index contributed by atoms with van der Waals surface area (Å²) in [7, 11) is 4.45. The molecule has 0 radical (unpaired) electrons. The zero-order valence-electron chi connectivity index (χ0n) is 17.4. The smallest absolute Gasteiger partial charge is 0.338 e. The van der Waals surface area contributed by atoms with Crippen LogP contribution in [0.1, 0.15) is 23.4 Å². The second kappa shape index (κ2) is 8.52. The van der Waals surface area contributed by atoms with E-state index in [1.165, 1.54) is 29.8 Å². The average molecular weight is 457 g/mol. The van der Waals surface area contributed by atoms with E-state index in [1.807, 2.05) is 29.6 Å². The van der Waals surface area contributed by atoms with Gasteiger partial charge in [0.1, 0.15) is 6.04 Å². The number of rotatable bonds is 5. The first-order valence-electron chi connectivity index (χ1n) is 9.35. The van der Waals surface area contributed by atoms with Crippen molar-refractivity contribution in [2.24, 2.45) is 4.99 Å². The fourth-order valence-electron chi connectivity index (χ4n) is 3.58. The minimum Gasteiger partial charge on any atom is -0.493 e. The number of aromatic nitrogens is 1. The number of nitrogens with zero attached hydrogens (tertiary/aromatic N) is 2. The maximum Gasteiger partial charge on any atom is 0.338 e. The SMILES string of the molecule is COC(=O)C1=C(C)N=c2s/c(=C/c3cccc(OC)c3OC)c(=O)n2C1c1cccs1. The van der Waals surface area contributed by atoms with E-state index in [9.17, 15) is 9.59 Å². The normalized spacial score (nSPS) is 16.0. The molecule has 1 unspecified atom stereocenters. The van der Waals surface area contributed by atoms with E-state index in [0.717, 1.165) is 4.88 Å². The van der Waals surface area contributed by atoms with Gasteiger partial charge < -0.3 is 14.2 Å². The number of esters is 1. The minimum atomic E-state index is -0.585. The predicted octanol–water partition coefficient (Wildman–Crippen LogP) is 2.49. The fraction of sp³-hybridized carbons (Fsp3) is 0.227. The highest BCUT2D eigenvalue weighted by molar-refractivity contribution is 7.10. The number of allylic oxidation sites excluding steroid dienone is 1. The number of thiophene rings is 1. The Labute approximate surface area is 186 Å². The van der Waals surface area contributed by atoms with Crippen LogP contribution in [0.3, 0.4) is 0 Å². The summed E-state index contributed by atoms with van der Waals surface area (Å²) >= 11 is 2.74. The van der Waals surface area contributed by atoms with E-state index >= 15 is 0 Å². The number of para-hydroxylation sites is 1. The minimum absolute atomic E-state index is 0.235. The van der Waals surface area contributed by atoms with Crippen LogP contribution < -0.4 is 24.4 Å². The highest BCUT2D eigenvalue weighted by atomic mass is 32.1. The van der Waals surface area contributed by atoms with E-state index in [1.54, 1.807) is 37.9 Å². The van der Waals surface area contributed by atoms with Crippen molar-refractivity contribution in [2.45, 2.75) is 13.0 Å². The molecule has 3 aromatic rings. The van der Waals surface area contributed by atoms with Gasteiger partial charge in [0.05, 0.1) is 37.1 Å². The van der Waals surface area contributed by atoms with Crippen LogP contribution in [0.2, 0.25) is 0 Å². The fourth-order valence-corrected chi connectivity index (χ4v) is 5.44. The summed E-state index contributed by atoms with van der Waals surface area (Å²) in [4.78, 5) is 32.0. The maximum atomic E-state index is 13.5. The number of thiazole rings is 1. The highest BCUT2D eigenvalue weighted by Gasteiger charge is 2.33. The lowest BCUT2D eigenvalue weighted by Gasteiger charge is -2.22. The first-order chi connectivity index (χ1) is 15.0. The summed E-state index contributed by atoms with van der Waals surface area (Å²) in [5.41, 5.74) is 1.38. The third kappa shape index (κ3) is 3.60. The molecule has 0 aliphatic carbocycles. The molecule has 0 fully saturated rings. The number of benzene rings is 1. The first-order valence-corrected chi connectivity index (χ1v) is 11.0. The summed E-state index contributed by atoms with van der Waals surface area (Å²) in [5.74, 6) is 0.616. The van der Waals surface area contributed by atoms with Crippen LogP contribution in [-0.4, -0.2) is 31.9 Å². The molecule has 7 nitrogen and oxygen atoms in total. The molecule has 2 aromatic heterocycles. The third-order valence-electron chi connectivity index (χ3n) is 4.96. The van der Waals surface area contributed by atoms with Crippen molar-refractivity contribution in [3.63, 3.8) is 0 Å². The Balaban J connectivity index is 1.97. The molecule has 0 spiro atoms. The van der Waals surface area contributed by atoms with Crippen LogP contribution in [0.25, 0.3) is 6.08 Å². The van der Waals surface area contributed by atoms with Crippen molar-refractivity contribution in [3.05, 3.63) is 77.1 Å². The van der Waals surface area contributed by atoms with Gasteiger partial charge in [0.15, 0.2) is 16.3 Å². The second-order valence-corrected chi connectivity index (χ2v) is 8.66. The van der Waals surface area contributed by atoms with Gasteiger partial charge in [-0.3, -0.25) is 9.36 Å². The monoisotopic (exact) mass is 456 g/mol. The van der Waals surface area contributed by atoms with Crippen molar-refractivity contribution in [1.82, 2.24) is 4.57 Å². The molecule has 0 amide bonds. The number of carbonyl (C=O) groups excluding carboxylic acids is 1. The molecule has 0 N–H and O–H groups in total.